The van der Waals surface area contributed by atoms with Gasteiger partial charge in [0.2, 0.25) is 0 Å². The molecule has 12 heteroatoms. The van der Waals surface area contributed by atoms with Crippen molar-refractivity contribution in [3.05, 3.63) is 4.84 Å². The molecule has 0 atom stereocenters. The van der Waals surface area contributed by atoms with Crippen molar-refractivity contribution in [2.45, 2.75) is 5.22 Å². The van der Waals surface area contributed by atoms with E-state index in [0.29, 0.717) is 14.7 Å². The zero-order valence-corrected chi connectivity index (χ0v) is 12.7. The first-order valence-corrected chi connectivity index (χ1v) is 8.65. The normalized spacial score (nSPS) is 10.2. The van der Waals surface area contributed by atoms with Gasteiger partial charge in [-0.1, -0.05) is 0 Å². The van der Waals surface area contributed by atoms with Gasteiger partial charge < -0.3 is 11.7 Å². The molecule has 16 heavy (non-hydrogen) atoms. The Balaban J connectivity index is 1.71. The number of hydrogen-bond acceptors (Lipinski definition) is 8. The smallest absolute Gasteiger partial charge is 0.531 e. The van der Waals surface area contributed by atoms with Gasteiger partial charge >= 0.3 is 30.0 Å². The molecule has 76 valence electrons. The summed E-state index contributed by atoms with van der Waals surface area (Å²) in [6, 6.07) is 0. The fourth-order valence-electron chi connectivity index (χ4n) is 0.715. The Kier molecular flexibility index (Phi) is 5.12. The van der Waals surface area contributed by atoms with Crippen LogP contribution in [0.2, 0.25) is 0 Å². The van der Waals surface area contributed by atoms with Crippen LogP contribution in [0.15, 0.2) is 14.1 Å². The predicted octanol–water partition coefficient (Wildman–Crippen LogP) is -1.50. The van der Waals surface area contributed by atoms with E-state index in [1.54, 1.807) is 0 Å². The Morgan fingerprint density at radius 3 is 2.94 bits per heavy atom. The van der Waals surface area contributed by atoms with E-state index in [9.17, 15) is 0 Å². The third kappa shape index (κ3) is 4.01. The fourth-order valence-corrected chi connectivity index (χ4v) is 4.22. The van der Waals surface area contributed by atoms with Crippen LogP contribution in [0.4, 0.5) is 0 Å². The monoisotopic (exact) mass is 298 g/mol. The first-order chi connectivity index (χ1) is 7.74. The molecule has 0 aliphatic rings. The fraction of sp³-hybridized carbons (Fsp3) is 0. The highest BCUT2D eigenvalue weighted by Gasteiger charge is 2.09. The van der Waals surface area contributed by atoms with Gasteiger partial charge in [0.05, 0.1) is 4.75 Å². The number of hydrogen-bond donors (Lipinski definition) is 1. The van der Waals surface area contributed by atoms with Gasteiger partial charge in [0.15, 0.2) is 4.75 Å². The van der Waals surface area contributed by atoms with Crippen LogP contribution in [0.25, 0.3) is 0 Å². The second-order valence-corrected chi connectivity index (χ2v) is 7.07. The number of aromatic nitrogens is 4. The molecule has 1 N–H and O–H groups in total. The van der Waals surface area contributed by atoms with Crippen LogP contribution in [0.1, 0.15) is 0 Å². The molecule has 2 aromatic rings. The summed E-state index contributed by atoms with van der Waals surface area (Å²) in [5.41, 5.74) is 0. The lowest BCUT2D eigenvalue weighted by Gasteiger charge is -1.95. The van der Waals surface area contributed by atoms with Crippen molar-refractivity contribution in [2.24, 2.45) is 0 Å². The molecule has 0 aromatic carbocycles. The van der Waals surface area contributed by atoms with Crippen molar-refractivity contribution in [3.63, 3.8) is 0 Å². The van der Waals surface area contributed by atoms with Crippen molar-refractivity contribution in [2.75, 3.05) is 0 Å². The number of H-pyrrole nitrogens is 1. The van der Waals surface area contributed by atoms with Crippen LogP contribution < -0.4 is 9.51 Å². The minimum atomic E-state index is -0.462. The molecule has 0 unspecified atom stereocenters. The van der Waals surface area contributed by atoms with Gasteiger partial charge in [-0.3, -0.25) is 0 Å². The topological polar surface area (TPSA) is 90.0 Å². The molecule has 4 radical (unpaired) electrons. The molecule has 0 aliphatic heterocycles. The molecule has 0 saturated carbocycles. The molecule has 2 aromatic heterocycles. The number of rotatable bonds is 5. The first kappa shape index (κ1) is 12.9. The molecule has 0 spiro atoms. The summed E-state index contributed by atoms with van der Waals surface area (Å²) >= 11 is 6.27. The number of nitrogens with one attached hydrogen (secondary N) is 1. The summed E-state index contributed by atoms with van der Waals surface area (Å²) in [5, 5.41) is 14.3. The summed E-state index contributed by atoms with van der Waals surface area (Å²) in [4.78, 5) is 0.262. The van der Waals surface area contributed by atoms with Gasteiger partial charge in [0, 0.05) is 0 Å². The van der Waals surface area contributed by atoms with Gasteiger partial charge in [-0.2, -0.15) is 5.10 Å². The van der Waals surface area contributed by atoms with Gasteiger partial charge in [-0.05, 0) is 12.2 Å². The Hall–Kier alpha value is 0.407. The van der Waals surface area contributed by atoms with E-state index < -0.39 is 15.6 Å². The quantitative estimate of drug-likeness (QED) is 0.405. The molecule has 0 fully saturated rings. The van der Waals surface area contributed by atoms with E-state index in [2.05, 4.69) is 36.7 Å². The molecule has 0 bridgehead atoms. The second kappa shape index (κ2) is 6.37. The van der Waals surface area contributed by atoms with E-state index in [-0.39, 0.29) is 19.3 Å². The summed E-state index contributed by atoms with van der Waals surface area (Å²) in [5.74, 6) is 0. The van der Waals surface area contributed by atoms with E-state index in [1.807, 2.05) is 0 Å². The van der Waals surface area contributed by atoms with Gasteiger partial charge in [-0.15, -0.1) is 20.3 Å². The molecule has 0 saturated heterocycles. The molecular formula is C4HAl3N4O3S2. The summed E-state index contributed by atoms with van der Waals surface area (Å²) in [6.45, 7) is 0. The Morgan fingerprint density at radius 1 is 1.44 bits per heavy atom. The molecule has 2 rings (SSSR count). The van der Waals surface area contributed by atoms with Gasteiger partial charge in [-0.25, -0.2) is 5.10 Å². The third-order valence-electron chi connectivity index (χ3n) is 1.25. The largest absolute Gasteiger partial charge is 0.633 e. The zero-order valence-electron chi connectivity index (χ0n) is 7.61. The molecule has 0 amide bonds. The average molecular weight is 298 g/mol. The van der Waals surface area contributed by atoms with Crippen LogP contribution in [0.5, 0.6) is 0 Å². The Bertz CT molecular complexity index is 512. The van der Waals surface area contributed by atoms with Crippen molar-refractivity contribution in [1.29, 1.82) is 0 Å². The predicted molar refractivity (Wildman–Crippen MR) is 59.5 cm³/mol. The highest BCUT2D eigenvalue weighted by atomic mass is 32.3. The van der Waals surface area contributed by atoms with E-state index in [1.165, 1.54) is 10.1 Å². The van der Waals surface area contributed by atoms with Crippen molar-refractivity contribution >= 4 is 78.1 Å². The average Bonchev–Trinajstić information content (AvgIpc) is 2.83. The number of nitrogens with zero attached hydrogens (tertiary/aromatic N) is 3. The minimum absolute atomic E-state index is 0.262. The lowest BCUT2D eigenvalue weighted by atomic mass is 11.5. The minimum Gasteiger partial charge on any atom is -0.633 e. The van der Waals surface area contributed by atoms with E-state index >= 15 is 0 Å². The summed E-state index contributed by atoms with van der Waals surface area (Å²) in [7, 11) is 1.39. The van der Waals surface area contributed by atoms with Crippen LogP contribution in [0.3, 0.4) is 0 Å². The highest BCUT2D eigenvalue weighted by Crippen LogP contribution is 2.09. The number of aromatic amines is 1. The SMILES string of the molecule is [Al][c]1nnc([S][Al][O][Al][c]2n[nH]c(=S)o2)o1. The Morgan fingerprint density at radius 2 is 2.31 bits per heavy atom. The van der Waals surface area contributed by atoms with Crippen LogP contribution in [-0.2, 0) is 2.84 Å². The maximum absolute atomic E-state index is 5.42. The van der Waals surface area contributed by atoms with Gasteiger partial charge in [0.1, 0.15) is 0 Å². The maximum atomic E-state index is 5.42. The third-order valence-corrected chi connectivity index (χ3v) is 5.45. The zero-order chi connectivity index (χ0) is 11.4. The van der Waals surface area contributed by atoms with Crippen LogP contribution in [-0.4, -0.2) is 66.7 Å². The van der Waals surface area contributed by atoms with Crippen molar-refractivity contribution in [3.8, 4) is 0 Å². The molecule has 2 heterocycles. The van der Waals surface area contributed by atoms with Crippen LogP contribution in [0, 0.1) is 4.84 Å². The Labute approximate surface area is 119 Å². The first-order valence-electron chi connectivity index (χ1n) is 3.85. The lowest BCUT2D eigenvalue weighted by molar-refractivity contribution is 0.481. The van der Waals surface area contributed by atoms with E-state index in [4.69, 9.17) is 23.9 Å². The summed E-state index contributed by atoms with van der Waals surface area (Å²) < 4.78 is 16.6. The molecule has 7 nitrogen and oxygen atoms in total. The lowest BCUT2D eigenvalue weighted by Crippen LogP contribution is -2.19. The molecular weight excluding hydrogens is 297 g/mol. The van der Waals surface area contributed by atoms with E-state index in [0.717, 1.165) is 0 Å². The highest BCUT2D eigenvalue weighted by molar-refractivity contribution is 8.21. The second-order valence-electron chi connectivity index (χ2n) is 2.33. The van der Waals surface area contributed by atoms with Gasteiger partial charge in [0.25, 0.3) is 26.4 Å². The standard InChI is InChI=1S/2C2HN2OS.3Al.O/c2*6-2-4-3-1-5-2;;;;/h2*(H,4,6);;;;/q;;;;+1;/p-1. The van der Waals surface area contributed by atoms with Crippen molar-refractivity contribution < 1.29 is 11.7 Å². The summed E-state index contributed by atoms with van der Waals surface area (Å²) in [6.07, 6.45) is 0. The molecule has 0 aliphatic carbocycles. The van der Waals surface area contributed by atoms with Crippen LogP contribution >= 0.6 is 22.3 Å². The van der Waals surface area contributed by atoms with Crippen molar-refractivity contribution in [1.82, 2.24) is 20.4 Å². The maximum Gasteiger partial charge on any atom is 0.531 e.